The van der Waals surface area contributed by atoms with Crippen LogP contribution in [-0.4, -0.2) is 32.1 Å². The molecule has 0 bridgehead atoms. The molecule has 2 rings (SSSR count). The predicted molar refractivity (Wildman–Crippen MR) is 92.5 cm³/mol. The van der Waals surface area contributed by atoms with Gasteiger partial charge in [0.15, 0.2) is 0 Å². The van der Waals surface area contributed by atoms with Crippen LogP contribution < -0.4 is 4.74 Å². The molecule has 0 saturated heterocycles. The lowest BCUT2D eigenvalue weighted by molar-refractivity contribution is -0.153. The zero-order valence-electron chi connectivity index (χ0n) is 13.3. The largest absolute Gasteiger partial charge is 0.616 e. The van der Waals surface area contributed by atoms with E-state index in [4.69, 9.17) is 4.74 Å². The summed E-state index contributed by atoms with van der Waals surface area (Å²) in [6, 6.07) is 15.3. The molecule has 0 spiro atoms. The predicted octanol–water partition coefficient (Wildman–Crippen LogP) is 2.95. The Morgan fingerprint density at radius 2 is 1.79 bits per heavy atom. The number of aromatic hydroxyl groups is 1. The summed E-state index contributed by atoms with van der Waals surface area (Å²) >= 11 is -1.18. The number of carboxylic acid groups (broad SMARTS) is 1. The standard InChI is InChI=1S/C18H20O5S/c1-18(17(20)21,23-16-9-7-15(19)8-10-16)11-12-24(22)13-14-5-3-2-4-6-14/h2-10,19H,11-13H2,1H3,(H,20,21). The number of phenols is 1. The summed E-state index contributed by atoms with van der Waals surface area (Å²) in [5.41, 5.74) is -0.532. The molecular weight excluding hydrogens is 328 g/mol. The van der Waals surface area contributed by atoms with Crippen LogP contribution in [0.4, 0.5) is 0 Å². The van der Waals surface area contributed by atoms with Crippen LogP contribution in [0, 0.1) is 0 Å². The first kappa shape index (κ1) is 18.2. The summed E-state index contributed by atoms with van der Waals surface area (Å²) in [4.78, 5) is 11.6. The number of carboxylic acids is 1. The van der Waals surface area contributed by atoms with E-state index in [-0.39, 0.29) is 17.9 Å². The summed E-state index contributed by atoms with van der Waals surface area (Å²) in [6.45, 7) is 1.46. The quantitative estimate of drug-likeness (QED) is 0.716. The second kappa shape index (κ2) is 8.08. The molecule has 0 amide bonds. The Morgan fingerprint density at radius 1 is 1.17 bits per heavy atom. The molecule has 6 heteroatoms. The smallest absolute Gasteiger partial charge is 0.347 e. The van der Waals surface area contributed by atoms with Crippen LogP contribution >= 0.6 is 0 Å². The highest BCUT2D eigenvalue weighted by atomic mass is 32.2. The number of ether oxygens (including phenoxy) is 1. The maximum absolute atomic E-state index is 12.2. The van der Waals surface area contributed by atoms with Crippen molar-refractivity contribution in [1.29, 1.82) is 0 Å². The molecule has 0 fully saturated rings. The molecule has 0 aliphatic carbocycles. The van der Waals surface area contributed by atoms with Crippen LogP contribution in [0.3, 0.4) is 0 Å². The second-order valence-electron chi connectivity index (χ2n) is 5.66. The van der Waals surface area contributed by atoms with E-state index in [1.165, 1.54) is 31.2 Å². The van der Waals surface area contributed by atoms with Gasteiger partial charge in [0, 0.05) is 12.0 Å². The number of hydrogen-bond donors (Lipinski definition) is 2. The fraction of sp³-hybridized carbons (Fsp3) is 0.278. The van der Waals surface area contributed by atoms with E-state index < -0.39 is 22.7 Å². The van der Waals surface area contributed by atoms with Gasteiger partial charge >= 0.3 is 5.97 Å². The molecule has 128 valence electrons. The minimum absolute atomic E-state index is 0.0725. The minimum Gasteiger partial charge on any atom is -0.616 e. The van der Waals surface area contributed by atoms with Gasteiger partial charge in [-0.15, -0.1) is 0 Å². The van der Waals surface area contributed by atoms with Crippen molar-refractivity contribution in [2.45, 2.75) is 24.7 Å². The van der Waals surface area contributed by atoms with E-state index in [1.54, 1.807) is 0 Å². The lowest BCUT2D eigenvalue weighted by Gasteiger charge is -2.26. The van der Waals surface area contributed by atoms with Crippen LogP contribution in [0.2, 0.25) is 0 Å². The lowest BCUT2D eigenvalue weighted by atomic mass is 10.0. The number of hydrogen-bond acceptors (Lipinski definition) is 4. The molecule has 2 atom stereocenters. The molecule has 2 aromatic rings. The minimum atomic E-state index is -1.48. The molecule has 5 nitrogen and oxygen atoms in total. The van der Waals surface area contributed by atoms with Crippen LogP contribution in [0.25, 0.3) is 0 Å². The van der Waals surface area contributed by atoms with Gasteiger partial charge in [0.05, 0.1) is 0 Å². The van der Waals surface area contributed by atoms with E-state index in [0.29, 0.717) is 11.5 Å². The fourth-order valence-electron chi connectivity index (χ4n) is 2.12. The van der Waals surface area contributed by atoms with Crippen LogP contribution in [0.1, 0.15) is 18.9 Å². The van der Waals surface area contributed by atoms with Crippen molar-refractivity contribution in [2.24, 2.45) is 0 Å². The molecule has 2 unspecified atom stereocenters. The Labute approximate surface area is 144 Å². The van der Waals surface area contributed by atoms with E-state index in [0.717, 1.165) is 5.56 Å². The summed E-state index contributed by atoms with van der Waals surface area (Å²) < 4.78 is 17.8. The van der Waals surface area contributed by atoms with Crippen molar-refractivity contribution < 1.29 is 24.3 Å². The van der Waals surface area contributed by atoms with Gasteiger partial charge in [-0.1, -0.05) is 30.3 Å². The maximum Gasteiger partial charge on any atom is 0.347 e. The van der Waals surface area contributed by atoms with E-state index >= 15 is 0 Å². The third kappa shape index (κ3) is 5.18. The lowest BCUT2D eigenvalue weighted by Crippen LogP contribution is -2.43. The summed E-state index contributed by atoms with van der Waals surface area (Å²) in [5.74, 6) is -0.104. The van der Waals surface area contributed by atoms with Crippen molar-refractivity contribution >= 4 is 17.1 Å². The SMILES string of the molecule is CC(CC[S+]([O-])Cc1ccccc1)(Oc1ccc(O)cc1)C(=O)O. The van der Waals surface area contributed by atoms with Crippen molar-refractivity contribution in [3.63, 3.8) is 0 Å². The van der Waals surface area contributed by atoms with Crippen LogP contribution in [0.15, 0.2) is 54.6 Å². The average molecular weight is 348 g/mol. The number of phenolic OH excluding ortho intramolecular Hbond substituents is 1. The monoisotopic (exact) mass is 348 g/mol. The first-order valence-corrected chi connectivity index (χ1v) is 8.98. The third-order valence-corrected chi connectivity index (χ3v) is 4.92. The van der Waals surface area contributed by atoms with Crippen molar-refractivity contribution in [3.05, 3.63) is 60.2 Å². The zero-order chi connectivity index (χ0) is 17.6. The van der Waals surface area contributed by atoms with Crippen LogP contribution in [0.5, 0.6) is 11.5 Å². The highest BCUT2D eigenvalue weighted by Gasteiger charge is 2.37. The Hall–Kier alpha value is -2.18. The first-order valence-electron chi connectivity index (χ1n) is 7.49. The summed E-state index contributed by atoms with van der Waals surface area (Å²) in [6.07, 6.45) is 0.114. The van der Waals surface area contributed by atoms with E-state index in [9.17, 15) is 19.6 Å². The Balaban J connectivity index is 1.97. The van der Waals surface area contributed by atoms with Gasteiger partial charge in [0.25, 0.3) is 0 Å². The maximum atomic E-state index is 12.2. The Kier molecular flexibility index (Phi) is 6.11. The highest BCUT2D eigenvalue weighted by Crippen LogP contribution is 2.25. The molecular formula is C18H20O5S. The molecule has 0 aliphatic heterocycles. The fourth-order valence-corrected chi connectivity index (χ4v) is 3.44. The van der Waals surface area contributed by atoms with Crippen molar-refractivity contribution in [1.82, 2.24) is 0 Å². The van der Waals surface area contributed by atoms with Gasteiger partial charge in [-0.3, -0.25) is 0 Å². The van der Waals surface area contributed by atoms with Crippen molar-refractivity contribution in [3.8, 4) is 11.5 Å². The number of rotatable bonds is 8. The van der Waals surface area contributed by atoms with Gasteiger partial charge in [0.2, 0.25) is 5.60 Å². The van der Waals surface area contributed by atoms with E-state index in [1.807, 2.05) is 30.3 Å². The van der Waals surface area contributed by atoms with Gasteiger partial charge in [-0.05, 0) is 42.4 Å². The number of carbonyl (C=O) groups is 1. The van der Waals surface area contributed by atoms with Crippen LogP contribution in [-0.2, 0) is 21.7 Å². The zero-order valence-corrected chi connectivity index (χ0v) is 14.2. The molecule has 0 aromatic heterocycles. The first-order chi connectivity index (χ1) is 11.4. The second-order valence-corrected chi connectivity index (χ2v) is 7.23. The molecule has 2 N–H and O–H groups in total. The number of aliphatic carboxylic acids is 1. The molecule has 24 heavy (non-hydrogen) atoms. The van der Waals surface area contributed by atoms with Gasteiger partial charge in [0.1, 0.15) is 23.0 Å². The topological polar surface area (TPSA) is 89.8 Å². The number of benzene rings is 2. The molecule has 0 radical (unpaired) electrons. The Morgan fingerprint density at radius 3 is 2.38 bits per heavy atom. The van der Waals surface area contributed by atoms with Gasteiger partial charge in [-0.25, -0.2) is 4.79 Å². The summed E-state index contributed by atoms with van der Waals surface area (Å²) in [5, 5.41) is 18.7. The van der Waals surface area contributed by atoms with E-state index in [2.05, 4.69) is 0 Å². The average Bonchev–Trinajstić information content (AvgIpc) is 2.56. The molecule has 2 aromatic carbocycles. The van der Waals surface area contributed by atoms with Gasteiger partial charge in [-0.2, -0.15) is 0 Å². The normalized spacial score (nSPS) is 14.6. The summed E-state index contributed by atoms with van der Waals surface area (Å²) in [7, 11) is 0. The third-order valence-electron chi connectivity index (χ3n) is 3.61. The van der Waals surface area contributed by atoms with Crippen molar-refractivity contribution in [2.75, 3.05) is 5.75 Å². The molecule has 0 heterocycles. The molecule has 0 saturated carbocycles. The Bertz CT molecular complexity index is 659. The highest BCUT2D eigenvalue weighted by molar-refractivity contribution is 7.90. The molecule has 0 aliphatic rings. The van der Waals surface area contributed by atoms with Gasteiger partial charge < -0.3 is 19.5 Å².